The zero-order valence-corrected chi connectivity index (χ0v) is 19.3. The van der Waals surface area contributed by atoms with Gasteiger partial charge < -0.3 is 4.74 Å². The van der Waals surface area contributed by atoms with Crippen LogP contribution in [0.3, 0.4) is 0 Å². The Kier molecular flexibility index (Phi) is 7.81. The molecule has 0 aliphatic carbocycles. The molecular formula is C20H13Cl2F3N2O3S2. The number of esters is 1. The quantitative estimate of drug-likeness (QED) is 0.355. The zero-order chi connectivity index (χ0) is 23.5. The first-order valence-corrected chi connectivity index (χ1v) is 11.6. The molecule has 0 radical (unpaired) electrons. The molecule has 1 unspecified atom stereocenters. The fourth-order valence-electron chi connectivity index (χ4n) is 2.45. The highest BCUT2D eigenvalue weighted by molar-refractivity contribution is 7.99. The Balaban J connectivity index is 1.98. The molecule has 0 saturated heterocycles. The lowest BCUT2D eigenvalue weighted by Crippen LogP contribution is -2.10. The summed E-state index contributed by atoms with van der Waals surface area (Å²) < 4.78 is 56.2. The van der Waals surface area contributed by atoms with E-state index in [0.29, 0.717) is 19.7 Å². The number of ether oxygens (including phenoxy) is 1. The van der Waals surface area contributed by atoms with Crippen LogP contribution >= 0.6 is 35.0 Å². The van der Waals surface area contributed by atoms with Gasteiger partial charge in [-0.25, -0.2) is 19.0 Å². The SMILES string of the molecule is CCOC(=O)c1ccc(S(=O)c2ccc(Cl)c(Cl)c2)cc1Sc1cnc(C(F)(F)F)nc1. The fraction of sp³-hybridized carbons (Fsp3) is 0.150. The number of alkyl halides is 3. The van der Waals surface area contributed by atoms with Gasteiger partial charge in [-0.2, -0.15) is 13.2 Å². The highest BCUT2D eigenvalue weighted by atomic mass is 35.5. The second-order valence-corrected chi connectivity index (χ2v) is 9.48. The number of aromatic nitrogens is 2. The molecule has 12 heteroatoms. The van der Waals surface area contributed by atoms with Crippen molar-refractivity contribution >= 4 is 51.7 Å². The van der Waals surface area contributed by atoms with Crippen molar-refractivity contribution in [2.24, 2.45) is 0 Å². The van der Waals surface area contributed by atoms with Crippen molar-refractivity contribution in [3.05, 3.63) is 70.2 Å². The average Bonchev–Trinajstić information content (AvgIpc) is 2.75. The molecule has 1 aromatic heterocycles. The zero-order valence-electron chi connectivity index (χ0n) is 16.2. The Morgan fingerprint density at radius 1 is 1.06 bits per heavy atom. The molecule has 168 valence electrons. The van der Waals surface area contributed by atoms with Crippen LogP contribution in [0.15, 0.2) is 68.4 Å². The number of carbonyl (C=O) groups excluding carboxylic acids is 1. The maximum Gasteiger partial charge on any atom is 0.451 e. The van der Waals surface area contributed by atoms with Gasteiger partial charge in [0.2, 0.25) is 5.82 Å². The summed E-state index contributed by atoms with van der Waals surface area (Å²) in [4.78, 5) is 20.3. The summed E-state index contributed by atoms with van der Waals surface area (Å²) in [7, 11) is -1.66. The third kappa shape index (κ3) is 5.80. The number of hydrogen-bond acceptors (Lipinski definition) is 6. The monoisotopic (exact) mass is 520 g/mol. The van der Waals surface area contributed by atoms with Gasteiger partial charge in [0.15, 0.2) is 0 Å². The van der Waals surface area contributed by atoms with Crippen LogP contribution in [-0.2, 0) is 21.7 Å². The second-order valence-electron chi connectivity index (χ2n) is 6.07. The summed E-state index contributed by atoms with van der Waals surface area (Å²) in [5.41, 5.74) is 0.159. The lowest BCUT2D eigenvalue weighted by molar-refractivity contribution is -0.145. The number of carbonyl (C=O) groups is 1. The third-order valence-electron chi connectivity index (χ3n) is 3.88. The first-order valence-electron chi connectivity index (χ1n) is 8.85. The van der Waals surface area contributed by atoms with Gasteiger partial charge in [0.25, 0.3) is 0 Å². The first kappa shape index (κ1) is 24.5. The summed E-state index contributed by atoms with van der Waals surface area (Å²) in [6.45, 7) is 1.77. The summed E-state index contributed by atoms with van der Waals surface area (Å²) in [5.74, 6) is -1.91. The summed E-state index contributed by atoms with van der Waals surface area (Å²) >= 11 is 12.9. The van der Waals surface area contributed by atoms with Crippen molar-refractivity contribution in [3.63, 3.8) is 0 Å². The van der Waals surface area contributed by atoms with Gasteiger partial charge >= 0.3 is 12.1 Å². The second kappa shape index (κ2) is 10.2. The molecule has 0 spiro atoms. The predicted octanol–water partition coefficient (Wildman–Crippen LogP) is 6.30. The van der Waals surface area contributed by atoms with Crippen LogP contribution in [0.4, 0.5) is 13.2 Å². The minimum atomic E-state index is -4.67. The first-order chi connectivity index (χ1) is 15.1. The molecule has 3 rings (SSSR count). The molecule has 0 aliphatic heterocycles. The van der Waals surface area contributed by atoms with E-state index in [0.717, 1.165) is 24.2 Å². The van der Waals surface area contributed by atoms with Crippen LogP contribution in [0.1, 0.15) is 23.1 Å². The standard InChI is InChI=1S/C20H13Cl2F3N2O3S2/c1-2-30-18(28)14-5-3-13(32(29)12-4-6-15(21)16(22)7-12)8-17(14)31-11-9-26-19(27-10-11)20(23,24)25/h3-10H,2H2,1H3. The Labute approximate surface area is 197 Å². The molecular weight excluding hydrogens is 508 g/mol. The topological polar surface area (TPSA) is 69.2 Å². The molecule has 1 atom stereocenters. The van der Waals surface area contributed by atoms with Crippen LogP contribution in [0, 0.1) is 0 Å². The van der Waals surface area contributed by atoms with Crippen molar-refractivity contribution in [2.45, 2.75) is 32.7 Å². The van der Waals surface area contributed by atoms with Crippen molar-refractivity contribution in [2.75, 3.05) is 6.61 Å². The van der Waals surface area contributed by atoms with Gasteiger partial charge in [0.1, 0.15) is 0 Å². The molecule has 0 amide bonds. The number of hydrogen-bond donors (Lipinski definition) is 0. The molecule has 0 N–H and O–H groups in total. The normalized spacial score (nSPS) is 12.4. The minimum Gasteiger partial charge on any atom is -0.462 e. The van der Waals surface area contributed by atoms with E-state index in [1.165, 1.54) is 30.3 Å². The largest absolute Gasteiger partial charge is 0.462 e. The van der Waals surface area contributed by atoms with Crippen LogP contribution in [-0.4, -0.2) is 26.8 Å². The van der Waals surface area contributed by atoms with E-state index < -0.39 is 28.8 Å². The van der Waals surface area contributed by atoms with Gasteiger partial charge in [-0.3, -0.25) is 0 Å². The molecule has 1 heterocycles. The van der Waals surface area contributed by atoms with E-state index in [1.807, 2.05) is 0 Å². The number of rotatable bonds is 6. The number of benzene rings is 2. The molecule has 0 aliphatic rings. The van der Waals surface area contributed by atoms with E-state index in [4.69, 9.17) is 27.9 Å². The van der Waals surface area contributed by atoms with E-state index in [2.05, 4.69) is 9.97 Å². The highest BCUT2D eigenvalue weighted by Crippen LogP contribution is 2.34. The van der Waals surface area contributed by atoms with Gasteiger partial charge in [-0.1, -0.05) is 35.0 Å². The van der Waals surface area contributed by atoms with E-state index >= 15 is 0 Å². The fourth-order valence-corrected chi connectivity index (χ4v) is 4.90. The summed E-state index contributed by atoms with van der Waals surface area (Å²) in [6.07, 6.45) is -2.67. The third-order valence-corrected chi connectivity index (χ3v) is 6.98. The maximum atomic E-state index is 13.0. The molecule has 2 aromatic carbocycles. The molecule has 0 saturated carbocycles. The van der Waals surface area contributed by atoms with Crippen molar-refractivity contribution in [1.82, 2.24) is 9.97 Å². The summed E-state index contributed by atoms with van der Waals surface area (Å²) in [6, 6.07) is 8.97. The molecule has 0 fully saturated rings. The Morgan fingerprint density at radius 3 is 2.28 bits per heavy atom. The average molecular weight is 521 g/mol. The Hall–Kier alpha value is -2.14. The molecule has 5 nitrogen and oxygen atoms in total. The summed E-state index contributed by atoms with van der Waals surface area (Å²) in [5, 5.41) is 0.542. The maximum absolute atomic E-state index is 13.0. The predicted molar refractivity (Wildman–Crippen MR) is 115 cm³/mol. The van der Waals surface area contributed by atoms with Gasteiger partial charge in [-0.15, -0.1) is 0 Å². The van der Waals surface area contributed by atoms with Gasteiger partial charge in [-0.05, 0) is 43.3 Å². The van der Waals surface area contributed by atoms with E-state index in [-0.39, 0.29) is 22.1 Å². The van der Waals surface area contributed by atoms with Gasteiger partial charge in [0, 0.05) is 32.0 Å². The van der Waals surface area contributed by atoms with Gasteiger partial charge in [0.05, 0.1) is 33.0 Å². The lowest BCUT2D eigenvalue weighted by atomic mass is 10.2. The van der Waals surface area contributed by atoms with E-state index in [9.17, 15) is 22.2 Å². The Bertz CT molecular complexity index is 1180. The van der Waals surface area contributed by atoms with Crippen molar-refractivity contribution in [3.8, 4) is 0 Å². The molecule has 3 aromatic rings. The molecule has 0 bridgehead atoms. The number of halogens is 5. The lowest BCUT2D eigenvalue weighted by Gasteiger charge is -2.12. The van der Waals surface area contributed by atoms with Crippen molar-refractivity contribution < 1.29 is 26.9 Å². The highest BCUT2D eigenvalue weighted by Gasteiger charge is 2.34. The van der Waals surface area contributed by atoms with Crippen LogP contribution in [0.5, 0.6) is 0 Å². The van der Waals surface area contributed by atoms with E-state index in [1.54, 1.807) is 13.0 Å². The van der Waals surface area contributed by atoms with Crippen LogP contribution in [0.2, 0.25) is 10.0 Å². The van der Waals surface area contributed by atoms with Crippen LogP contribution < -0.4 is 0 Å². The minimum absolute atomic E-state index is 0.128. The number of nitrogens with zero attached hydrogens (tertiary/aromatic N) is 2. The smallest absolute Gasteiger partial charge is 0.451 e. The van der Waals surface area contributed by atoms with Crippen molar-refractivity contribution in [1.29, 1.82) is 0 Å². The molecule has 32 heavy (non-hydrogen) atoms. The van der Waals surface area contributed by atoms with Crippen LogP contribution in [0.25, 0.3) is 0 Å². The Morgan fingerprint density at radius 2 is 1.69 bits per heavy atom.